The molecular formula is C9H14ClNO2S. The van der Waals surface area contributed by atoms with Crippen molar-refractivity contribution < 1.29 is 8.42 Å². The van der Waals surface area contributed by atoms with Crippen LogP contribution in [0.25, 0.3) is 0 Å². The van der Waals surface area contributed by atoms with Gasteiger partial charge in [0.25, 0.3) is 0 Å². The van der Waals surface area contributed by atoms with E-state index in [0.717, 1.165) is 11.1 Å². The zero-order valence-electron chi connectivity index (χ0n) is 8.37. The van der Waals surface area contributed by atoms with Gasteiger partial charge in [0.2, 0.25) is 10.0 Å². The Kier molecular flexibility index (Phi) is 4.58. The fraction of sp³-hybridized carbons (Fsp3) is 0.333. The van der Waals surface area contributed by atoms with E-state index in [1.807, 2.05) is 6.07 Å². The van der Waals surface area contributed by atoms with Crippen LogP contribution in [0, 0.1) is 13.8 Å². The zero-order valence-corrected chi connectivity index (χ0v) is 10.00. The van der Waals surface area contributed by atoms with Crippen molar-refractivity contribution in [1.29, 1.82) is 0 Å². The molecule has 0 amide bonds. The van der Waals surface area contributed by atoms with Crippen LogP contribution < -0.4 is 4.72 Å². The molecule has 0 saturated heterocycles. The van der Waals surface area contributed by atoms with Crippen LogP contribution in [0.1, 0.15) is 11.1 Å². The lowest BCUT2D eigenvalue weighted by molar-refractivity contribution is 0.587. The Morgan fingerprint density at radius 3 is 1.93 bits per heavy atom. The van der Waals surface area contributed by atoms with Crippen LogP contribution in [0.5, 0.6) is 0 Å². The molecule has 1 aromatic rings. The molecule has 0 aliphatic carbocycles. The smallest absolute Gasteiger partial charge is 0.214 e. The lowest BCUT2D eigenvalue weighted by atomic mass is 10.2. The van der Waals surface area contributed by atoms with Gasteiger partial charge in [-0.3, -0.25) is 0 Å². The molecule has 0 atom stereocenters. The van der Waals surface area contributed by atoms with Crippen LogP contribution in [-0.4, -0.2) is 15.5 Å². The summed E-state index contributed by atoms with van der Waals surface area (Å²) in [6.45, 7) is 3.58. The Labute approximate surface area is 91.0 Å². The Balaban J connectivity index is 0.00000169. The average Bonchev–Trinajstić information content (AvgIpc) is 2.03. The van der Waals surface area contributed by atoms with Gasteiger partial charge in [0.15, 0.2) is 0 Å². The second kappa shape index (κ2) is 4.77. The fourth-order valence-corrected chi connectivity index (χ4v) is 2.51. The molecule has 1 N–H and O–H groups in total. The second-order valence-corrected chi connectivity index (χ2v) is 4.75. The summed E-state index contributed by atoms with van der Waals surface area (Å²) in [5, 5.41) is 0. The van der Waals surface area contributed by atoms with Gasteiger partial charge in [-0.05, 0) is 32.0 Å². The molecule has 0 aromatic heterocycles. The van der Waals surface area contributed by atoms with E-state index in [1.54, 1.807) is 26.0 Å². The molecule has 0 saturated carbocycles. The average molecular weight is 236 g/mol. The predicted molar refractivity (Wildman–Crippen MR) is 59.4 cm³/mol. The van der Waals surface area contributed by atoms with Gasteiger partial charge in [-0.1, -0.05) is 18.2 Å². The van der Waals surface area contributed by atoms with Crippen LogP contribution >= 0.6 is 12.4 Å². The molecule has 1 rings (SSSR count). The molecule has 0 spiro atoms. The molecule has 14 heavy (non-hydrogen) atoms. The molecule has 0 heterocycles. The summed E-state index contributed by atoms with van der Waals surface area (Å²) < 4.78 is 25.4. The monoisotopic (exact) mass is 235 g/mol. The number of hydrogen-bond donors (Lipinski definition) is 1. The van der Waals surface area contributed by atoms with Gasteiger partial charge in [-0.25, -0.2) is 13.1 Å². The molecule has 1 aromatic carbocycles. The summed E-state index contributed by atoms with van der Waals surface area (Å²) in [7, 11) is -1.89. The highest BCUT2D eigenvalue weighted by Gasteiger charge is 2.16. The topological polar surface area (TPSA) is 46.2 Å². The minimum absolute atomic E-state index is 0. The maximum atomic E-state index is 11.5. The van der Waals surface area contributed by atoms with Crippen LogP contribution in [0.4, 0.5) is 0 Å². The highest BCUT2D eigenvalue weighted by Crippen LogP contribution is 2.18. The second-order valence-electron chi connectivity index (χ2n) is 2.93. The maximum absolute atomic E-state index is 11.5. The third-order valence-corrected chi connectivity index (χ3v) is 3.67. The first-order valence-electron chi connectivity index (χ1n) is 3.99. The van der Waals surface area contributed by atoms with Crippen LogP contribution in [0.15, 0.2) is 23.1 Å². The first kappa shape index (κ1) is 13.4. The van der Waals surface area contributed by atoms with Gasteiger partial charge in [0.05, 0.1) is 4.90 Å². The Morgan fingerprint density at radius 1 is 1.14 bits per heavy atom. The maximum Gasteiger partial charge on any atom is 0.240 e. The van der Waals surface area contributed by atoms with E-state index >= 15 is 0 Å². The van der Waals surface area contributed by atoms with Gasteiger partial charge in [0, 0.05) is 0 Å². The van der Waals surface area contributed by atoms with Crippen molar-refractivity contribution >= 4 is 22.4 Å². The van der Waals surface area contributed by atoms with Crippen molar-refractivity contribution in [2.24, 2.45) is 0 Å². The summed E-state index contributed by atoms with van der Waals surface area (Å²) >= 11 is 0. The third-order valence-electron chi connectivity index (χ3n) is 1.95. The van der Waals surface area contributed by atoms with Gasteiger partial charge in [0.1, 0.15) is 0 Å². The molecule has 80 valence electrons. The molecule has 0 radical (unpaired) electrons. The van der Waals surface area contributed by atoms with Gasteiger partial charge in [-0.15, -0.1) is 12.4 Å². The van der Waals surface area contributed by atoms with Crippen molar-refractivity contribution in [2.75, 3.05) is 7.05 Å². The highest BCUT2D eigenvalue weighted by atomic mass is 35.5. The van der Waals surface area contributed by atoms with Crippen LogP contribution in [0.3, 0.4) is 0 Å². The van der Waals surface area contributed by atoms with Crippen molar-refractivity contribution in [3.63, 3.8) is 0 Å². The van der Waals surface area contributed by atoms with E-state index in [0.29, 0.717) is 4.90 Å². The van der Waals surface area contributed by atoms with Gasteiger partial charge >= 0.3 is 0 Å². The van der Waals surface area contributed by atoms with Crippen molar-refractivity contribution in [1.82, 2.24) is 4.72 Å². The van der Waals surface area contributed by atoms with Crippen LogP contribution in [-0.2, 0) is 10.0 Å². The molecule has 0 unspecified atom stereocenters. The van der Waals surface area contributed by atoms with E-state index in [2.05, 4.69) is 4.72 Å². The predicted octanol–water partition coefficient (Wildman–Crippen LogP) is 1.63. The molecule has 3 nitrogen and oxygen atoms in total. The standard InChI is InChI=1S/C9H13NO2S.ClH/c1-7-5-4-6-8(2)9(7)13(11,12)10-3;/h4-6,10H,1-3H3;1H. The Morgan fingerprint density at radius 2 is 1.57 bits per heavy atom. The molecule has 0 bridgehead atoms. The number of sulfonamides is 1. The van der Waals surface area contributed by atoms with Crippen molar-refractivity contribution in [3.8, 4) is 0 Å². The SMILES string of the molecule is CNS(=O)(=O)c1c(C)cccc1C.Cl. The number of halogens is 1. The third kappa shape index (κ3) is 2.47. The fourth-order valence-electron chi connectivity index (χ4n) is 1.33. The molecular weight excluding hydrogens is 222 g/mol. The van der Waals surface area contributed by atoms with E-state index in [1.165, 1.54) is 7.05 Å². The Bertz CT molecular complexity index is 395. The summed E-state index contributed by atoms with van der Waals surface area (Å²) in [6.07, 6.45) is 0. The number of rotatable bonds is 2. The molecule has 5 heteroatoms. The number of nitrogens with one attached hydrogen (secondary N) is 1. The first-order chi connectivity index (χ1) is 5.99. The minimum atomic E-state index is -3.31. The number of aryl methyl sites for hydroxylation is 2. The van der Waals surface area contributed by atoms with Gasteiger partial charge < -0.3 is 0 Å². The van der Waals surface area contributed by atoms with Crippen molar-refractivity contribution in [2.45, 2.75) is 18.7 Å². The quantitative estimate of drug-likeness (QED) is 0.847. The first-order valence-corrected chi connectivity index (χ1v) is 5.47. The summed E-state index contributed by atoms with van der Waals surface area (Å²) in [5.41, 5.74) is 1.55. The largest absolute Gasteiger partial charge is 0.240 e. The van der Waals surface area contributed by atoms with Crippen molar-refractivity contribution in [3.05, 3.63) is 29.3 Å². The number of hydrogen-bond acceptors (Lipinski definition) is 2. The Hall–Kier alpha value is -0.580. The van der Waals surface area contributed by atoms with E-state index < -0.39 is 10.0 Å². The summed E-state index contributed by atoms with van der Waals surface area (Å²) in [4.78, 5) is 0.387. The molecule has 0 fully saturated rings. The van der Waals surface area contributed by atoms with E-state index in [4.69, 9.17) is 0 Å². The van der Waals surface area contributed by atoms with Crippen LogP contribution in [0.2, 0.25) is 0 Å². The normalized spacial score (nSPS) is 10.8. The molecule has 0 aliphatic rings. The summed E-state index contributed by atoms with van der Waals surface area (Å²) in [6, 6.07) is 5.42. The zero-order chi connectivity index (χ0) is 10.1. The lowest BCUT2D eigenvalue weighted by Crippen LogP contribution is -2.20. The molecule has 0 aliphatic heterocycles. The van der Waals surface area contributed by atoms with E-state index in [-0.39, 0.29) is 12.4 Å². The minimum Gasteiger partial charge on any atom is -0.214 e. The lowest BCUT2D eigenvalue weighted by Gasteiger charge is -2.08. The van der Waals surface area contributed by atoms with E-state index in [9.17, 15) is 8.42 Å². The highest BCUT2D eigenvalue weighted by molar-refractivity contribution is 7.89. The number of benzene rings is 1. The van der Waals surface area contributed by atoms with Gasteiger partial charge in [-0.2, -0.15) is 0 Å². The summed E-state index contributed by atoms with van der Waals surface area (Å²) in [5.74, 6) is 0.